The monoisotopic (exact) mass is 261 g/mol. The average molecular weight is 261 g/mol. The third kappa shape index (κ3) is 4.03. The van der Waals surface area contributed by atoms with Gasteiger partial charge in [0.1, 0.15) is 5.82 Å². The number of hydrogen-bond acceptors (Lipinski definition) is 3. The van der Waals surface area contributed by atoms with Crippen LogP contribution in [0, 0.1) is 17.7 Å². The van der Waals surface area contributed by atoms with Crippen LogP contribution in [-0.2, 0) is 6.54 Å². The number of nitrogens with zero attached hydrogens (tertiary/aromatic N) is 2. The van der Waals surface area contributed by atoms with E-state index in [1.54, 1.807) is 0 Å². The van der Waals surface area contributed by atoms with Gasteiger partial charge in [0.15, 0.2) is 0 Å². The van der Waals surface area contributed by atoms with E-state index in [-0.39, 0.29) is 12.4 Å². The molecule has 0 bridgehead atoms. The third-order valence-electron chi connectivity index (χ3n) is 3.36. The molecule has 0 spiro atoms. The van der Waals surface area contributed by atoms with Crippen molar-refractivity contribution in [2.45, 2.75) is 6.54 Å². The fourth-order valence-electron chi connectivity index (χ4n) is 2.18. The molecule has 1 aliphatic heterocycles. The predicted octanol–water partition coefficient (Wildman–Crippen LogP) is 0.883. The largest absolute Gasteiger partial charge is 0.320 e. The fraction of sp³-hybridized carbons (Fsp3) is 0.467. The zero-order chi connectivity index (χ0) is 13.7. The minimum atomic E-state index is -0.275. The zero-order valence-electron chi connectivity index (χ0n) is 11.3. The molecule has 0 radical (unpaired) electrons. The van der Waals surface area contributed by atoms with Crippen LogP contribution in [0.2, 0.25) is 0 Å². The summed E-state index contributed by atoms with van der Waals surface area (Å²) in [7, 11) is 2.13. The lowest BCUT2D eigenvalue weighted by Gasteiger charge is -2.32. The lowest BCUT2D eigenvalue weighted by Crippen LogP contribution is -2.43. The summed E-state index contributed by atoms with van der Waals surface area (Å²) in [5, 5.41) is 0. The van der Waals surface area contributed by atoms with E-state index in [9.17, 15) is 4.39 Å². The van der Waals surface area contributed by atoms with Crippen LogP contribution in [0.25, 0.3) is 0 Å². The highest BCUT2D eigenvalue weighted by molar-refractivity contribution is 5.38. The Morgan fingerprint density at radius 3 is 2.68 bits per heavy atom. The normalized spacial score (nSPS) is 17.0. The number of benzene rings is 1. The van der Waals surface area contributed by atoms with Crippen LogP contribution in [0.3, 0.4) is 0 Å². The van der Waals surface area contributed by atoms with Gasteiger partial charge in [-0.15, -0.1) is 0 Å². The molecule has 0 saturated carbocycles. The van der Waals surface area contributed by atoms with Crippen molar-refractivity contribution >= 4 is 0 Å². The number of likely N-dealkylation sites (N-methyl/N-ethyl adjacent to an activating group) is 1. The number of piperazine rings is 1. The molecule has 2 rings (SSSR count). The van der Waals surface area contributed by atoms with E-state index in [4.69, 9.17) is 5.73 Å². The molecule has 102 valence electrons. The van der Waals surface area contributed by atoms with E-state index >= 15 is 0 Å². The van der Waals surface area contributed by atoms with Crippen molar-refractivity contribution in [2.75, 3.05) is 39.8 Å². The van der Waals surface area contributed by atoms with Gasteiger partial charge in [-0.05, 0) is 24.7 Å². The van der Waals surface area contributed by atoms with Crippen LogP contribution < -0.4 is 5.73 Å². The van der Waals surface area contributed by atoms with Crippen molar-refractivity contribution in [1.82, 2.24) is 9.80 Å². The van der Waals surface area contributed by atoms with Gasteiger partial charge in [0.05, 0.1) is 12.1 Å². The highest BCUT2D eigenvalue weighted by atomic mass is 19.1. The van der Waals surface area contributed by atoms with Crippen LogP contribution in [0.4, 0.5) is 4.39 Å². The smallest absolute Gasteiger partial charge is 0.138 e. The second-order valence-electron chi connectivity index (χ2n) is 4.90. The van der Waals surface area contributed by atoms with E-state index in [1.807, 2.05) is 12.1 Å². The van der Waals surface area contributed by atoms with Crippen LogP contribution >= 0.6 is 0 Å². The first-order valence-electron chi connectivity index (χ1n) is 6.57. The number of nitrogens with two attached hydrogens (primary N) is 1. The van der Waals surface area contributed by atoms with Gasteiger partial charge < -0.3 is 10.6 Å². The Bertz CT molecular complexity index is 482. The second-order valence-corrected chi connectivity index (χ2v) is 4.90. The minimum absolute atomic E-state index is 0.252. The average Bonchev–Trinajstić information content (AvgIpc) is 2.42. The Morgan fingerprint density at radius 2 is 2.00 bits per heavy atom. The molecular formula is C15H20FN3. The molecule has 19 heavy (non-hydrogen) atoms. The van der Waals surface area contributed by atoms with Crippen molar-refractivity contribution in [1.29, 1.82) is 0 Å². The van der Waals surface area contributed by atoms with Crippen molar-refractivity contribution in [2.24, 2.45) is 5.73 Å². The number of hydrogen-bond donors (Lipinski definition) is 1. The highest BCUT2D eigenvalue weighted by Crippen LogP contribution is 2.13. The SMILES string of the molecule is CN1CCN(Cc2ccc(F)c(C#CCN)c2)CC1. The molecule has 1 heterocycles. The first-order valence-corrected chi connectivity index (χ1v) is 6.57. The summed E-state index contributed by atoms with van der Waals surface area (Å²) in [5.74, 6) is 5.21. The topological polar surface area (TPSA) is 32.5 Å². The van der Waals surface area contributed by atoms with E-state index in [1.165, 1.54) is 6.07 Å². The first kappa shape index (κ1) is 14.0. The van der Waals surface area contributed by atoms with Gasteiger partial charge in [-0.1, -0.05) is 17.9 Å². The Kier molecular flexibility index (Phi) is 4.92. The molecule has 0 amide bonds. The van der Waals surface area contributed by atoms with E-state index < -0.39 is 0 Å². The summed E-state index contributed by atoms with van der Waals surface area (Å²) in [4.78, 5) is 4.70. The van der Waals surface area contributed by atoms with Gasteiger partial charge in [-0.3, -0.25) is 4.90 Å². The van der Waals surface area contributed by atoms with Crippen molar-refractivity contribution in [3.8, 4) is 11.8 Å². The summed E-state index contributed by atoms with van der Waals surface area (Å²) in [5.41, 5.74) is 6.86. The Hall–Kier alpha value is -1.41. The maximum absolute atomic E-state index is 13.6. The molecule has 1 aromatic carbocycles. The van der Waals surface area contributed by atoms with E-state index in [0.717, 1.165) is 38.3 Å². The molecule has 1 aromatic rings. The molecule has 0 aliphatic carbocycles. The standard InChI is InChI=1S/C15H20FN3/c1-18-7-9-19(10-8-18)12-13-4-5-15(16)14(11-13)3-2-6-17/h4-5,11H,6-10,12,17H2,1H3. The van der Waals surface area contributed by atoms with Crippen molar-refractivity contribution in [3.05, 3.63) is 35.1 Å². The molecule has 1 aliphatic rings. The molecule has 0 aromatic heterocycles. The zero-order valence-corrected chi connectivity index (χ0v) is 11.3. The van der Waals surface area contributed by atoms with Crippen molar-refractivity contribution < 1.29 is 4.39 Å². The van der Waals surface area contributed by atoms with Gasteiger partial charge in [-0.2, -0.15) is 0 Å². The van der Waals surface area contributed by atoms with Crippen LogP contribution in [0.1, 0.15) is 11.1 Å². The summed E-state index contributed by atoms with van der Waals surface area (Å²) < 4.78 is 13.6. The molecule has 0 atom stereocenters. The maximum Gasteiger partial charge on any atom is 0.138 e. The van der Waals surface area contributed by atoms with Gasteiger partial charge >= 0.3 is 0 Å². The lowest BCUT2D eigenvalue weighted by molar-refractivity contribution is 0.148. The Balaban J connectivity index is 2.04. The minimum Gasteiger partial charge on any atom is -0.320 e. The molecule has 2 N–H and O–H groups in total. The fourth-order valence-corrected chi connectivity index (χ4v) is 2.18. The summed E-state index contributed by atoms with van der Waals surface area (Å²) in [6, 6.07) is 5.16. The van der Waals surface area contributed by atoms with Gasteiger partial charge in [0.2, 0.25) is 0 Å². The quantitative estimate of drug-likeness (QED) is 0.802. The molecule has 0 unspecified atom stereocenters. The van der Waals surface area contributed by atoms with E-state index in [0.29, 0.717) is 5.56 Å². The first-order chi connectivity index (χ1) is 9.19. The molecule has 1 fully saturated rings. The van der Waals surface area contributed by atoms with Crippen LogP contribution in [0.15, 0.2) is 18.2 Å². The van der Waals surface area contributed by atoms with Gasteiger partial charge in [0, 0.05) is 32.7 Å². The van der Waals surface area contributed by atoms with Gasteiger partial charge in [0.25, 0.3) is 0 Å². The third-order valence-corrected chi connectivity index (χ3v) is 3.36. The second kappa shape index (κ2) is 6.67. The van der Waals surface area contributed by atoms with Crippen molar-refractivity contribution in [3.63, 3.8) is 0 Å². The molecule has 4 heteroatoms. The van der Waals surface area contributed by atoms with Crippen LogP contribution in [0.5, 0.6) is 0 Å². The molecular weight excluding hydrogens is 241 g/mol. The predicted molar refractivity (Wildman–Crippen MR) is 75.1 cm³/mol. The Morgan fingerprint density at radius 1 is 1.26 bits per heavy atom. The number of halogens is 1. The molecule has 3 nitrogen and oxygen atoms in total. The Labute approximate surface area is 114 Å². The summed E-state index contributed by atoms with van der Waals surface area (Å²) in [6.07, 6.45) is 0. The lowest BCUT2D eigenvalue weighted by atomic mass is 10.1. The maximum atomic E-state index is 13.6. The van der Waals surface area contributed by atoms with E-state index in [2.05, 4.69) is 28.7 Å². The summed E-state index contributed by atoms with van der Waals surface area (Å²) >= 11 is 0. The summed E-state index contributed by atoms with van der Waals surface area (Å²) in [6.45, 7) is 5.38. The van der Waals surface area contributed by atoms with Crippen LogP contribution in [-0.4, -0.2) is 49.6 Å². The number of rotatable bonds is 2. The molecule has 1 saturated heterocycles. The van der Waals surface area contributed by atoms with Gasteiger partial charge in [-0.25, -0.2) is 4.39 Å². The highest BCUT2D eigenvalue weighted by Gasteiger charge is 2.14.